The standard InChI is InChI=1S/C21H23NO4S/c1-15-2-5-17(6-3-15)24-13-21(23)22-9-8-20(27-11-10-22)16-4-7-18-19(12-16)26-14-25-18/h2-7,12,20H,8-11,13-14H2,1H3. The zero-order valence-corrected chi connectivity index (χ0v) is 16.2. The lowest BCUT2D eigenvalue weighted by Crippen LogP contribution is -2.36. The van der Waals surface area contributed by atoms with Crippen LogP contribution >= 0.6 is 11.8 Å². The maximum atomic E-state index is 12.5. The van der Waals surface area contributed by atoms with E-state index in [1.54, 1.807) is 0 Å². The molecule has 1 atom stereocenters. The first-order chi connectivity index (χ1) is 13.2. The van der Waals surface area contributed by atoms with E-state index in [1.165, 1.54) is 11.1 Å². The molecule has 2 aromatic rings. The Hall–Kier alpha value is -2.34. The van der Waals surface area contributed by atoms with E-state index in [4.69, 9.17) is 14.2 Å². The van der Waals surface area contributed by atoms with Gasteiger partial charge in [0, 0.05) is 24.1 Å². The van der Waals surface area contributed by atoms with Crippen LogP contribution < -0.4 is 14.2 Å². The Morgan fingerprint density at radius 3 is 2.81 bits per heavy atom. The summed E-state index contributed by atoms with van der Waals surface area (Å²) < 4.78 is 16.5. The number of carbonyl (C=O) groups is 1. The predicted molar refractivity (Wildman–Crippen MR) is 106 cm³/mol. The number of rotatable bonds is 4. The average molecular weight is 385 g/mol. The number of carbonyl (C=O) groups excluding carboxylic acids is 1. The van der Waals surface area contributed by atoms with Gasteiger partial charge in [-0.05, 0) is 43.2 Å². The zero-order chi connectivity index (χ0) is 18.6. The first-order valence-corrected chi connectivity index (χ1v) is 10.2. The van der Waals surface area contributed by atoms with Crippen LogP contribution in [0.3, 0.4) is 0 Å². The van der Waals surface area contributed by atoms with Gasteiger partial charge in [-0.25, -0.2) is 0 Å². The van der Waals surface area contributed by atoms with E-state index in [0.29, 0.717) is 12.0 Å². The lowest BCUT2D eigenvalue weighted by Gasteiger charge is -2.20. The Morgan fingerprint density at radius 2 is 1.96 bits per heavy atom. The summed E-state index contributed by atoms with van der Waals surface area (Å²) in [7, 11) is 0. The summed E-state index contributed by atoms with van der Waals surface area (Å²) in [5.41, 5.74) is 2.40. The molecule has 27 heavy (non-hydrogen) atoms. The minimum atomic E-state index is 0.0440. The van der Waals surface area contributed by atoms with Crippen LogP contribution in [-0.2, 0) is 4.79 Å². The Labute approximate surface area is 163 Å². The molecule has 0 saturated carbocycles. The van der Waals surface area contributed by atoms with Crippen molar-refractivity contribution in [3.8, 4) is 17.2 Å². The summed E-state index contributed by atoms with van der Waals surface area (Å²) in [6.07, 6.45) is 0.917. The lowest BCUT2D eigenvalue weighted by atomic mass is 10.1. The summed E-state index contributed by atoms with van der Waals surface area (Å²) in [5, 5.41) is 0.357. The molecule has 0 spiro atoms. The van der Waals surface area contributed by atoms with E-state index in [9.17, 15) is 4.79 Å². The van der Waals surface area contributed by atoms with Gasteiger partial charge in [0.15, 0.2) is 18.1 Å². The lowest BCUT2D eigenvalue weighted by molar-refractivity contribution is -0.133. The van der Waals surface area contributed by atoms with Gasteiger partial charge in [-0.15, -0.1) is 0 Å². The molecule has 0 radical (unpaired) electrons. The minimum Gasteiger partial charge on any atom is -0.484 e. The molecule has 2 aromatic carbocycles. The van der Waals surface area contributed by atoms with Gasteiger partial charge >= 0.3 is 0 Å². The normalized spacial score (nSPS) is 18.9. The van der Waals surface area contributed by atoms with E-state index in [0.717, 1.165) is 42.5 Å². The second kappa shape index (κ2) is 8.13. The van der Waals surface area contributed by atoms with Gasteiger partial charge in [-0.1, -0.05) is 23.8 Å². The molecular formula is C21H23NO4S. The van der Waals surface area contributed by atoms with Crippen molar-refractivity contribution in [3.05, 3.63) is 53.6 Å². The van der Waals surface area contributed by atoms with Crippen molar-refractivity contribution < 1.29 is 19.0 Å². The number of hydrogen-bond acceptors (Lipinski definition) is 5. The molecule has 0 aliphatic carbocycles. The largest absolute Gasteiger partial charge is 0.484 e. The third-order valence-corrected chi connectivity index (χ3v) is 6.17. The third kappa shape index (κ3) is 4.33. The molecule has 2 aliphatic rings. The van der Waals surface area contributed by atoms with Crippen molar-refractivity contribution in [2.45, 2.75) is 18.6 Å². The number of nitrogens with zero attached hydrogens (tertiary/aromatic N) is 1. The van der Waals surface area contributed by atoms with E-state index in [2.05, 4.69) is 12.1 Å². The molecule has 5 nitrogen and oxygen atoms in total. The Morgan fingerprint density at radius 1 is 1.15 bits per heavy atom. The highest BCUT2D eigenvalue weighted by Gasteiger charge is 2.24. The van der Waals surface area contributed by atoms with Gasteiger partial charge in [0.05, 0.1) is 0 Å². The molecular weight excluding hydrogens is 362 g/mol. The van der Waals surface area contributed by atoms with Crippen molar-refractivity contribution in [2.24, 2.45) is 0 Å². The van der Waals surface area contributed by atoms with E-state index in [1.807, 2.05) is 53.9 Å². The fraction of sp³-hybridized carbons (Fsp3) is 0.381. The van der Waals surface area contributed by atoms with Gasteiger partial charge in [-0.2, -0.15) is 11.8 Å². The smallest absolute Gasteiger partial charge is 0.260 e. The SMILES string of the molecule is Cc1ccc(OCC(=O)N2CCSC(c3ccc4c(c3)OCO4)CC2)cc1. The quantitative estimate of drug-likeness (QED) is 0.801. The van der Waals surface area contributed by atoms with Gasteiger partial charge < -0.3 is 19.1 Å². The number of aryl methyl sites for hydroxylation is 1. The number of fused-ring (bicyclic) bond motifs is 1. The summed E-state index contributed by atoms with van der Waals surface area (Å²) in [6.45, 7) is 3.90. The highest BCUT2D eigenvalue weighted by Crippen LogP contribution is 2.40. The highest BCUT2D eigenvalue weighted by atomic mass is 32.2. The van der Waals surface area contributed by atoms with Gasteiger partial charge in [0.2, 0.25) is 6.79 Å². The summed E-state index contributed by atoms with van der Waals surface area (Å²) in [5.74, 6) is 3.31. The maximum Gasteiger partial charge on any atom is 0.260 e. The predicted octanol–water partition coefficient (Wildman–Crippen LogP) is 3.81. The van der Waals surface area contributed by atoms with E-state index < -0.39 is 0 Å². The molecule has 0 aromatic heterocycles. The monoisotopic (exact) mass is 385 g/mol. The summed E-state index contributed by atoms with van der Waals surface area (Å²) in [4.78, 5) is 14.5. The fourth-order valence-corrected chi connectivity index (χ4v) is 4.49. The zero-order valence-electron chi connectivity index (χ0n) is 15.3. The molecule has 0 N–H and O–H groups in total. The van der Waals surface area contributed by atoms with Crippen LogP contribution in [-0.4, -0.2) is 43.0 Å². The number of amides is 1. The highest BCUT2D eigenvalue weighted by molar-refractivity contribution is 7.99. The molecule has 4 rings (SSSR count). The summed E-state index contributed by atoms with van der Waals surface area (Å²) in [6, 6.07) is 13.9. The molecule has 1 saturated heterocycles. The summed E-state index contributed by atoms with van der Waals surface area (Å²) >= 11 is 1.89. The van der Waals surface area contributed by atoms with Crippen LogP contribution in [0.4, 0.5) is 0 Å². The molecule has 2 aliphatic heterocycles. The number of hydrogen-bond donors (Lipinski definition) is 0. The van der Waals surface area contributed by atoms with Crippen LogP contribution in [0, 0.1) is 6.92 Å². The van der Waals surface area contributed by atoms with Crippen molar-refractivity contribution in [3.63, 3.8) is 0 Å². The van der Waals surface area contributed by atoms with Crippen LogP contribution in [0.5, 0.6) is 17.2 Å². The third-order valence-electron chi connectivity index (χ3n) is 4.85. The van der Waals surface area contributed by atoms with E-state index >= 15 is 0 Å². The Balaban J connectivity index is 1.32. The average Bonchev–Trinajstić information content (AvgIpc) is 3.02. The minimum absolute atomic E-state index is 0.0440. The van der Waals surface area contributed by atoms with Crippen LogP contribution in [0.1, 0.15) is 22.8 Å². The second-order valence-corrected chi connectivity index (χ2v) is 8.05. The van der Waals surface area contributed by atoms with Crippen molar-refractivity contribution in [1.82, 2.24) is 4.90 Å². The van der Waals surface area contributed by atoms with Gasteiger partial charge in [0.25, 0.3) is 5.91 Å². The van der Waals surface area contributed by atoms with E-state index in [-0.39, 0.29) is 12.5 Å². The van der Waals surface area contributed by atoms with Crippen molar-refractivity contribution in [1.29, 1.82) is 0 Å². The Kier molecular flexibility index (Phi) is 5.43. The molecule has 1 fully saturated rings. The fourth-order valence-electron chi connectivity index (χ4n) is 3.27. The van der Waals surface area contributed by atoms with Crippen molar-refractivity contribution in [2.75, 3.05) is 32.2 Å². The van der Waals surface area contributed by atoms with Gasteiger partial charge in [0.1, 0.15) is 5.75 Å². The van der Waals surface area contributed by atoms with Crippen LogP contribution in [0.25, 0.3) is 0 Å². The molecule has 2 heterocycles. The van der Waals surface area contributed by atoms with Crippen molar-refractivity contribution >= 4 is 17.7 Å². The number of benzene rings is 2. The number of thioether (sulfide) groups is 1. The molecule has 6 heteroatoms. The maximum absolute atomic E-state index is 12.5. The molecule has 1 unspecified atom stereocenters. The topological polar surface area (TPSA) is 48.0 Å². The van der Waals surface area contributed by atoms with Crippen LogP contribution in [0.15, 0.2) is 42.5 Å². The molecule has 1 amide bonds. The number of ether oxygens (including phenoxy) is 3. The van der Waals surface area contributed by atoms with Gasteiger partial charge in [-0.3, -0.25) is 4.79 Å². The Bertz CT molecular complexity index is 808. The first-order valence-electron chi connectivity index (χ1n) is 9.17. The first kappa shape index (κ1) is 18.0. The molecule has 0 bridgehead atoms. The van der Waals surface area contributed by atoms with Crippen LogP contribution in [0.2, 0.25) is 0 Å². The molecule has 142 valence electrons. The second-order valence-electron chi connectivity index (χ2n) is 6.74.